The highest BCUT2D eigenvalue weighted by molar-refractivity contribution is 9.10. The van der Waals surface area contributed by atoms with Gasteiger partial charge in [-0.15, -0.1) is 0 Å². The maximum atomic E-state index is 12.1. The van der Waals surface area contributed by atoms with E-state index < -0.39 is 0 Å². The Morgan fingerprint density at radius 1 is 1.06 bits per heavy atom. The molecule has 6 nitrogen and oxygen atoms in total. The monoisotopic (exact) mass is 503 g/mol. The first kappa shape index (κ1) is 22.5. The molecule has 0 unspecified atom stereocenters. The maximum absolute atomic E-state index is 12.1. The Labute approximate surface area is 200 Å². The third-order valence-electron chi connectivity index (χ3n) is 4.91. The molecule has 0 aliphatic heterocycles. The quantitative estimate of drug-likeness (QED) is 0.246. The van der Waals surface area contributed by atoms with Crippen LogP contribution in [0.15, 0.2) is 88.7 Å². The van der Waals surface area contributed by atoms with Gasteiger partial charge in [-0.1, -0.05) is 42.5 Å². The average molecular weight is 504 g/mol. The molecule has 0 fully saturated rings. The number of hydrogen-bond acceptors (Lipinski definition) is 5. The average Bonchev–Trinajstić information content (AvgIpc) is 2.84. The minimum absolute atomic E-state index is 0.312. The molecule has 0 saturated carbocycles. The van der Waals surface area contributed by atoms with Crippen LogP contribution in [0, 0.1) is 0 Å². The number of hydrogen-bond donors (Lipinski definition) is 1. The zero-order valence-corrected chi connectivity index (χ0v) is 19.6. The molecule has 166 valence electrons. The Balaban J connectivity index is 1.51. The fourth-order valence-electron chi connectivity index (χ4n) is 3.37. The van der Waals surface area contributed by atoms with E-state index in [2.05, 4.69) is 55.7 Å². The number of aromatic nitrogens is 1. The third-order valence-corrected chi connectivity index (χ3v) is 5.49. The van der Waals surface area contributed by atoms with Crippen molar-refractivity contribution in [2.75, 3.05) is 6.61 Å². The molecule has 1 aromatic heterocycles. The molecular formula is C26H22BrN3O3. The van der Waals surface area contributed by atoms with Crippen molar-refractivity contribution in [1.82, 2.24) is 10.4 Å². The second-order valence-corrected chi connectivity index (χ2v) is 7.98. The van der Waals surface area contributed by atoms with Gasteiger partial charge in [0.25, 0.3) is 5.91 Å². The predicted molar refractivity (Wildman–Crippen MR) is 133 cm³/mol. The summed E-state index contributed by atoms with van der Waals surface area (Å²) in [6, 6.07) is 21.3. The van der Waals surface area contributed by atoms with Crippen molar-refractivity contribution in [3.8, 4) is 11.5 Å². The molecule has 1 N–H and O–H groups in total. The van der Waals surface area contributed by atoms with Gasteiger partial charge in [-0.05, 0) is 69.0 Å². The second-order valence-electron chi connectivity index (χ2n) is 7.12. The standard InChI is InChI=1S/C26H22BrN3O3/c1-2-32-24-15-18(16-29-30-26(31)20-10-12-28-13-11-20)14-23(27)25(24)33-17-21-8-5-7-19-6-3-4-9-22(19)21/h3-16H,2,17H2,1H3,(H,30,31)/b29-16+. The highest BCUT2D eigenvalue weighted by Crippen LogP contribution is 2.37. The molecule has 33 heavy (non-hydrogen) atoms. The van der Waals surface area contributed by atoms with Gasteiger partial charge in [-0.25, -0.2) is 5.43 Å². The fraction of sp³-hybridized carbons (Fsp3) is 0.115. The molecule has 0 aliphatic rings. The molecular weight excluding hydrogens is 482 g/mol. The summed E-state index contributed by atoms with van der Waals surface area (Å²) < 4.78 is 12.7. The lowest BCUT2D eigenvalue weighted by atomic mass is 10.1. The zero-order valence-electron chi connectivity index (χ0n) is 18.0. The Hall–Kier alpha value is -3.71. The summed E-state index contributed by atoms with van der Waals surface area (Å²) in [5, 5.41) is 6.38. The number of hydrazone groups is 1. The molecule has 0 bridgehead atoms. The van der Waals surface area contributed by atoms with Gasteiger partial charge in [0, 0.05) is 18.0 Å². The van der Waals surface area contributed by atoms with Crippen LogP contribution in [-0.2, 0) is 6.61 Å². The van der Waals surface area contributed by atoms with Crippen LogP contribution in [-0.4, -0.2) is 23.7 Å². The first-order chi connectivity index (χ1) is 16.2. The van der Waals surface area contributed by atoms with Crippen LogP contribution in [0.25, 0.3) is 10.8 Å². The van der Waals surface area contributed by atoms with Crippen molar-refractivity contribution in [3.05, 3.63) is 100 Å². The number of amides is 1. The van der Waals surface area contributed by atoms with Gasteiger partial charge in [0.2, 0.25) is 0 Å². The molecule has 4 aromatic rings. The molecule has 7 heteroatoms. The Kier molecular flexibility index (Phi) is 7.32. The maximum Gasteiger partial charge on any atom is 0.271 e. The van der Waals surface area contributed by atoms with Crippen LogP contribution < -0.4 is 14.9 Å². The number of carbonyl (C=O) groups is 1. The van der Waals surface area contributed by atoms with Gasteiger partial charge in [0.05, 0.1) is 17.3 Å². The number of benzene rings is 3. The summed E-state index contributed by atoms with van der Waals surface area (Å²) in [6.45, 7) is 2.80. The van der Waals surface area contributed by atoms with E-state index >= 15 is 0 Å². The van der Waals surface area contributed by atoms with E-state index in [0.29, 0.717) is 30.3 Å². The summed E-state index contributed by atoms with van der Waals surface area (Å²) in [6.07, 6.45) is 4.67. The Morgan fingerprint density at radius 3 is 2.67 bits per heavy atom. The molecule has 4 rings (SSSR count). The number of halogens is 1. The van der Waals surface area contributed by atoms with Gasteiger partial charge in [0.15, 0.2) is 11.5 Å². The van der Waals surface area contributed by atoms with Crippen LogP contribution in [0.3, 0.4) is 0 Å². The lowest BCUT2D eigenvalue weighted by Gasteiger charge is -2.15. The molecule has 0 atom stereocenters. The summed E-state index contributed by atoms with van der Waals surface area (Å²) in [5.74, 6) is 0.893. The molecule has 0 saturated heterocycles. The fourth-order valence-corrected chi connectivity index (χ4v) is 3.94. The van der Waals surface area contributed by atoms with Crippen molar-refractivity contribution in [2.45, 2.75) is 13.5 Å². The van der Waals surface area contributed by atoms with Crippen LogP contribution in [0.4, 0.5) is 0 Å². The molecule has 0 spiro atoms. The molecule has 1 amide bonds. The number of rotatable bonds is 8. The van der Waals surface area contributed by atoms with E-state index in [1.807, 2.05) is 37.3 Å². The number of ether oxygens (including phenoxy) is 2. The predicted octanol–water partition coefficient (Wildman–Crippen LogP) is 5.74. The van der Waals surface area contributed by atoms with Crippen LogP contribution in [0.5, 0.6) is 11.5 Å². The largest absolute Gasteiger partial charge is 0.490 e. The molecule has 0 aliphatic carbocycles. The first-order valence-corrected chi connectivity index (χ1v) is 11.2. The minimum atomic E-state index is -0.312. The van der Waals surface area contributed by atoms with E-state index in [9.17, 15) is 4.79 Å². The third kappa shape index (κ3) is 5.56. The normalized spacial score (nSPS) is 11.0. The van der Waals surface area contributed by atoms with E-state index in [1.54, 1.807) is 30.7 Å². The Bertz CT molecular complexity index is 1290. The summed E-state index contributed by atoms with van der Waals surface area (Å²) >= 11 is 3.59. The Morgan fingerprint density at radius 2 is 1.85 bits per heavy atom. The number of carbonyl (C=O) groups excluding carboxylic acids is 1. The molecule has 1 heterocycles. The van der Waals surface area contributed by atoms with Crippen LogP contribution in [0.2, 0.25) is 0 Å². The summed E-state index contributed by atoms with van der Waals surface area (Å²) in [5.41, 5.74) is 4.83. The highest BCUT2D eigenvalue weighted by Gasteiger charge is 2.13. The van der Waals surface area contributed by atoms with Crippen molar-refractivity contribution < 1.29 is 14.3 Å². The number of fused-ring (bicyclic) bond motifs is 1. The topological polar surface area (TPSA) is 72.8 Å². The van der Waals surface area contributed by atoms with Crippen molar-refractivity contribution >= 4 is 38.8 Å². The van der Waals surface area contributed by atoms with E-state index in [4.69, 9.17) is 9.47 Å². The highest BCUT2D eigenvalue weighted by atomic mass is 79.9. The number of nitrogens with one attached hydrogen (secondary N) is 1. The van der Waals surface area contributed by atoms with E-state index in [1.165, 1.54) is 5.39 Å². The van der Waals surface area contributed by atoms with Crippen LogP contribution in [0.1, 0.15) is 28.4 Å². The van der Waals surface area contributed by atoms with Gasteiger partial charge in [-0.3, -0.25) is 9.78 Å². The number of pyridine rings is 1. The van der Waals surface area contributed by atoms with E-state index in [-0.39, 0.29) is 5.91 Å². The van der Waals surface area contributed by atoms with Gasteiger partial charge < -0.3 is 9.47 Å². The van der Waals surface area contributed by atoms with Gasteiger partial charge in [-0.2, -0.15) is 5.10 Å². The second kappa shape index (κ2) is 10.7. The van der Waals surface area contributed by atoms with Crippen LogP contribution >= 0.6 is 15.9 Å². The zero-order chi connectivity index (χ0) is 23.0. The molecule has 3 aromatic carbocycles. The lowest BCUT2D eigenvalue weighted by molar-refractivity contribution is 0.0955. The van der Waals surface area contributed by atoms with Crippen molar-refractivity contribution in [1.29, 1.82) is 0 Å². The first-order valence-electron chi connectivity index (χ1n) is 10.4. The van der Waals surface area contributed by atoms with Crippen molar-refractivity contribution in [2.24, 2.45) is 5.10 Å². The smallest absolute Gasteiger partial charge is 0.271 e. The summed E-state index contributed by atoms with van der Waals surface area (Å²) in [4.78, 5) is 16.0. The van der Waals surface area contributed by atoms with Gasteiger partial charge in [0.1, 0.15) is 6.61 Å². The van der Waals surface area contributed by atoms with E-state index in [0.717, 1.165) is 21.0 Å². The SMILES string of the molecule is CCOc1cc(/C=N/NC(=O)c2ccncc2)cc(Br)c1OCc1cccc2ccccc12. The minimum Gasteiger partial charge on any atom is -0.490 e. The lowest BCUT2D eigenvalue weighted by Crippen LogP contribution is -2.17. The van der Waals surface area contributed by atoms with Gasteiger partial charge >= 0.3 is 0 Å². The number of nitrogens with zero attached hydrogens (tertiary/aromatic N) is 2. The summed E-state index contributed by atoms with van der Waals surface area (Å²) in [7, 11) is 0. The molecule has 0 radical (unpaired) electrons. The van der Waals surface area contributed by atoms with Crippen molar-refractivity contribution in [3.63, 3.8) is 0 Å².